The Morgan fingerprint density at radius 2 is 2.28 bits per heavy atom. The van der Waals surface area contributed by atoms with Gasteiger partial charge in [-0.1, -0.05) is 6.92 Å². The molecule has 1 N–H and O–H groups in total. The molecular weight excluding hydrogens is 234 g/mol. The molecule has 1 atom stereocenters. The van der Waals surface area contributed by atoms with Crippen LogP contribution < -0.4 is 0 Å². The average Bonchev–Trinajstić information content (AvgIpc) is 2.76. The fourth-order valence-corrected chi connectivity index (χ4v) is 2.16. The second-order valence-corrected chi connectivity index (χ2v) is 4.55. The number of hydrogen-bond acceptors (Lipinski definition) is 4. The van der Waals surface area contributed by atoms with Gasteiger partial charge in [-0.25, -0.2) is 0 Å². The number of furan rings is 1. The van der Waals surface area contributed by atoms with Crippen molar-refractivity contribution in [1.29, 1.82) is 0 Å². The highest BCUT2D eigenvalue weighted by molar-refractivity contribution is 5.67. The van der Waals surface area contributed by atoms with Crippen molar-refractivity contribution in [1.82, 2.24) is 4.90 Å². The first-order chi connectivity index (χ1) is 8.67. The van der Waals surface area contributed by atoms with E-state index in [9.17, 15) is 4.79 Å². The number of hydrogen-bond donors (Lipinski definition) is 1. The van der Waals surface area contributed by atoms with Gasteiger partial charge in [-0.15, -0.1) is 0 Å². The maximum Gasteiger partial charge on any atom is 0.306 e. The van der Waals surface area contributed by atoms with Crippen molar-refractivity contribution >= 4 is 5.97 Å². The third-order valence-electron chi connectivity index (χ3n) is 3.07. The lowest BCUT2D eigenvalue weighted by Crippen LogP contribution is -2.42. The highest BCUT2D eigenvalue weighted by Gasteiger charge is 2.23. The summed E-state index contributed by atoms with van der Waals surface area (Å²) in [6.45, 7) is 4.83. The van der Waals surface area contributed by atoms with Gasteiger partial charge in [0.2, 0.25) is 0 Å². The van der Waals surface area contributed by atoms with E-state index in [-0.39, 0.29) is 12.5 Å². The summed E-state index contributed by atoms with van der Waals surface area (Å²) in [5.41, 5.74) is 0. The first-order valence-electron chi connectivity index (χ1n) is 6.30. The van der Waals surface area contributed by atoms with E-state index in [2.05, 4.69) is 11.8 Å². The average molecular weight is 253 g/mol. The van der Waals surface area contributed by atoms with Crippen LogP contribution in [0, 0.1) is 0 Å². The summed E-state index contributed by atoms with van der Waals surface area (Å²) < 4.78 is 11.1. The molecule has 2 rings (SSSR count). The van der Waals surface area contributed by atoms with Crippen LogP contribution in [0.15, 0.2) is 16.5 Å². The maximum atomic E-state index is 10.7. The van der Waals surface area contributed by atoms with Crippen LogP contribution in [0.4, 0.5) is 0 Å². The van der Waals surface area contributed by atoms with E-state index in [0.717, 1.165) is 31.0 Å². The highest BCUT2D eigenvalue weighted by atomic mass is 16.5. The van der Waals surface area contributed by atoms with Gasteiger partial charge in [0, 0.05) is 19.5 Å². The molecule has 1 aromatic rings. The van der Waals surface area contributed by atoms with E-state index in [1.165, 1.54) is 0 Å². The van der Waals surface area contributed by atoms with Crippen LogP contribution in [0.2, 0.25) is 0 Å². The maximum absolute atomic E-state index is 10.7. The minimum Gasteiger partial charge on any atom is -0.481 e. The molecule has 1 aliphatic rings. The Hall–Kier alpha value is -1.33. The molecule has 0 aromatic carbocycles. The van der Waals surface area contributed by atoms with Gasteiger partial charge in [0.05, 0.1) is 25.7 Å². The fourth-order valence-electron chi connectivity index (χ4n) is 2.16. The Morgan fingerprint density at radius 3 is 2.94 bits per heavy atom. The Bertz CT molecular complexity index is 401. The summed E-state index contributed by atoms with van der Waals surface area (Å²) in [5.74, 6) is 1.11. The molecule has 18 heavy (non-hydrogen) atoms. The number of ether oxygens (including phenoxy) is 1. The molecule has 5 nitrogen and oxygen atoms in total. The van der Waals surface area contributed by atoms with Crippen LogP contribution in [-0.2, 0) is 22.5 Å². The summed E-state index contributed by atoms with van der Waals surface area (Å²) in [4.78, 5) is 12.8. The van der Waals surface area contributed by atoms with Crippen molar-refractivity contribution in [2.75, 3.05) is 19.7 Å². The first-order valence-corrected chi connectivity index (χ1v) is 6.30. The standard InChI is InChI=1S/C13H19NO4/c1-2-10-3-4-11(18-10)8-14-5-6-17-12(9-14)7-13(15)16/h3-4,12H,2,5-9H2,1H3,(H,15,16). The Morgan fingerprint density at radius 1 is 1.50 bits per heavy atom. The molecular formula is C13H19NO4. The number of carboxylic acid groups (broad SMARTS) is 1. The van der Waals surface area contributed by atoms with Crippen LogP contribution >= 0.6 is 0 Å². The molecule has 0 bridgehead atoms. The van der Waals surface area contributed by atoms with Crippen molar-refractivity contribution in [2.45, 2.75) is 32.4 Å². The lowest BCUT2D eigenvalue weighted by Gasteiger charge is -2.31. The van der Waals surface area contributed by atoms with Gasteiger partial charge in [-0.2, -0.15) is 0 Å². The molecule has 0 amide bonds. The van der Waals surface area contributed by atoms with Crippen LogP contribution in [0.1, 0.15) is 24.9 Å². The van der Waals surface area contributed by atoms with Crippen molar-refractivity contribution in [2.24, 2.45) is 0 Å². The molecule has 0 radical (unpaired) electrons. The molecule has 0 spiro atoms. The predicted molar refractivity (Wildman–Crippen MR) is 65.4 cm³/mol. The van der Waals surface area contributed by atoms with Gasteiger partial charge in [0.25, 0.3) is 0 Å². The molecule has 2 heterocycles. The minimum atomic E-state index is -0.812. The van der Waals surface area contributed by atoms with Gasteiger partial charge in [-0.3, -0.25) is 9.69 Å². The van der Waals surface area contributed by atoms with E-state index in [1.807, 2.05) is 12.1 Å². The zero-order valence-corrected chi connectivity index (χ0v) is 10.6. The number of carboxylic acids is 1. The molecule has 5 heteroatoms. The number of morpholine rings is 1. The summed E-state index contributed by atoms with van der Waals surface area (Å²) in [5, 5.41) is 8.76. The van der Waals surface area contributed by atoms with E-state index in [4.69, 9.17) is 14.3 Å². The molecule has 0 aliphatic carbocycles. The van der Waals surface area contributed by atoms with Crippen LogP contribution in [0.25, 0.3) is 0 Å². The quantitative estimate of drug-likeness (QED) is 0.862. The largest absolute Gasteiger partial charge is 0.481 e. The third kappa shape index (κ3) is 3.58. The van der Waals surface area contributed by atoms with Gasteiger partial charge in [0.15, 0.2) is 0 Å². The predicted octanol–water partition coefficient (Wildman–Crippen LogP) is 1.52. The third-order valence-corrected chi connectivity index (χ3v) is 3.07. The van der Waals surface area contributed by atoms with E-state index in [1.54, 1.807) is 0 Å². The number of nitrogens with zero attached hydrogens (tertiary/aromatic N) is 1. The van der Waals surface area contributed by atoms with Gasteiger partial charge >= 0.3 is 5.97 Å². The Balaban J connectivity index is 1.87. The topological polar surface area (TPSA) is 62.9 Å². The Kier molecular flexibility index (Phi) is 4.38. The van der Waals surface area contributed by atoms with Crippen molar-refractivity contribution in [3.8, 4) is 0 Å². The van der Waals surface area contributed by atoms with Crippen molar-refractivity contribution in [3.05, 3.63) is 23.7 Å². The minimum absolute atomic E-state index is 0.0643. The highest BCUT2D eigenvalue weighted by Crippen LogP contribution is 2.15. The molecule has 1 unspecified atom stereocenters. The van der Waals surface area contributed by atoms with Crippen LogP contribution in [0.3, 0.4) is 0 Å². The van der Waals surface area contributed by atoms with Crippen molar-refractivity contribution < 1.29 is 19.1 Å². The van der Waals surface area contributed by atoms with Gasteiger partial charge in [-0.05, 0) is 12.1 Å². The second kappa shape index (κ2) is 6.02. The molecule has 1 aliphatic heterocycles. The Labute approximate surface area is 106 Å². The molecule has 100 valence electrons. The number of aryl methyl sites for hydroxylation is 1. The number of carbonyl (C=O) groups is 1. The molecule has 0 saturated carbocycles. The normalized spacial score (nSPS) is 21.1. The first kappa shape index (κ1) is 13.1. The zero-order chi connectivity index (χ0) is 13.0. The summed E-state index contributed by atoms with van der Waals surface area (Å²) in [6, 6.07) is 3.98. The van der Waals surface area contributed by atoms with E-state index < -0.39 is 5.97 Å². The molecule has 1 aromatic heterocycles. The smallest absolute Gasteiger partial charge is 0.306 e. The van der Waals surface area contributed by atoms with Crippen molar-refractivity contribution in [3.63, 3.8) is 0 Å². The van der Waals surface area contributed by atoms with Crippen LogP contribution in [-0.4, -0.2) is 41.8 Å². The summed E-state index contributed by atoms with van der Waals surface area (Å²) in [6.07, 6.45) is 0.747. The molecule has 1 saturated heterocycles. The lowest BCUT2D eigenvalue weighted by atomic mass is 10.2. The monoisotopic (exact) mass is 253 g/mol. The fraction of sp³-hybridized carbons (Fsp3) is 0.615. The zero-order valence-electron chi connectivity index (χ0n) is 10.6. The lowest BCUT2D eigenvalue weighted by molar-refractivity contribution is -0.142. The van der Waals surface area contributed by atoms with E-state index >= 15 is 0 Å². The number of rotatable bonds is 5. The van der Waals surface area contributed by atoms with Gasteiger partial charge < -0.3 is 14.3 Å². The van der Waals surface area contributed by atoms with Crippen LogP contribution in [0.5, 0.6) is 0 Å². The summed E-state index contributed by atoms with van der Waals surface area (Å²) in [7, 11) is 0. The summed E-state index contributed by atoms with van der Waals surface area (Å²) >= 11 is 0. The molecule has 1 fully saturated rings. The number of aliphatic carboxylic acids is 1. The van der Waals surface area contributed by atoms with Gasteiger partial charge in [0.1, 0.15) is 11.5 Å². The second-order valence-electron chi connectivity index (χ2n) is 4.55. The SMILES string of the molecule is CCc1ccc(CN2CCOC(CC(=O)O)C2)o1. The van der Waals surface area contributed by atoms with E-state index in [0.29, 0.717) is 13.2 Å².